The number of hydrogen-bond donors (Lipinski definition) is 1. The first-order valence-corrected chi connectivity index (χ1v) is 6.99. The fourth-order valence-electron chi connectivity index (χ4n) is 0.959. The Morgan fingerprint density at radius 3 is 2.26 bits per heavy atom. The third kappa shape index (κ3) is 26.3. The zero-order valence-corrected chi connectivity index (χ0v) is 13.1. The summed E-state index contributed by atoms with van der Waals surface area (Å²) >= 11 is 0. The number of carbonyl (C=O) groups is 1. The van der Waals surface area contributed by atoms with Crippen LogP contribution in [-0.4, -0.2) is 19.1 Å². The van der Waals surface area contributed by atoms with Gasteiger partial charge in [0.05, 0.1) is 6.61 Å². The molecule has 0 radical (unpaired) electrons. The molecule has 112 valence electrons. The number of ether oxygens (including phenoxy) is 1. The largest absolute Gasteiger partial charge is 0.377 e. The number of hydrogen-bond acceptors (Lipinski definition) is 2. The van der Waals surface area contributed by atoms with Crippen LogP contribution in [0.3, 0.4) is 0 Å². The molecule has 0 aromatic heterocycles. The highest BCUT2D eigenvalue weighted by atomic mass is 16.5. The molecule has 3 nitrogen and oxygen atoms in total. The molecule has 0 aromatic rings. The summed E-state index contributed by atoms with van der Waals surface area (Å²) in [5.74, 6) is -0.256. The normalized spacial score (nSPS) is 8.84. The van der Waals surface area contributed by atoms with Gasteiger partial charge in [0.25, 0.3) is 0 Å². The molecule has 0 unspecified atom stereocenters. The monoisotopic (exact) mass is 269 g/mol. The third-order valence-corrected chi connectivity index (χ3v) is 1.72. The van der Waals surface area contributed by atoms with E-state index in [4.69, 9.17) is 10.5 Å². The highest BCUT2D eigenvalue weighted by Gasteiger charge is 1.94. The molecule has 0 atom stereocenters. The average Bonchev–Trinajstić information content (AvgIpc) is 2.44. The van der Waals surface area contributed by atoms with Gasteiger partial charge in [-0.2, -0.15) is 0 Å². The van der Waals surface area contributed by atoms with Crippen molar-refractivity contribution in [2.24, 2.45) is 5.73 Å². The molecule has 0 aliphatic heterocycles. The van der Waals surface area contributed by atoms with E-state index in [-0.39, 0.29) is 5.91 Å². The van der Waals surface area contributed by atoms with Crippen LogP contribution in [0, 0.1) is 0 Å². The minimum atomic E-state index is -0.256. The Morgan fingerprint density at radius 1 is 1.21 bits per heavy atom. The summed E-state index contributed by atoms with van der Waals surface area (Å²) in [6.07, 6.45) is 7.43. The second-order valence-corrected chi connectivity index (χ2v) is 3.23. The minimum absolute atomic E-state index is 0.256. The van der Waals surface area contributed by atoms with Crippen molar-refractivity contribution in [2.75, 3.05) is 13.2 Å². The minimum Gasteiger partial charge on any atom is -0.377 e. The second-order valence-electron chi connectivity index (χ2n) is 3.23. The van der Waals surface area contributed by atoms with Crippen molar-refractivity contribution in [1.82, 2.24) is 0 Å². The number of primary amides is 1. The smallest absolute Gasteiger partial charge is 0.217 e. The lowest BCUT2D eigenvalue weighted by Gasteiger charge is -2.03. The van der Waals surface area contributed by atoms with Gasteiger partial charge in [0.2, 0.25) is 5.91 Å². The van der Waals surface area contributed by atoms with E-state index >= 15 is 0 Å². The van der Waals surface area contributed by atoms with Crippen LogP contribution in [0.25, 0.3) is 0 Å². The molecule has 0 rings (SSSR count). The SMILES string of the molecule is C=C/C=C\C(=C)COCCCCC(N)=O.CC.CC. The van der Waals surface area contributed by atoms with Crippen molar-refractivity contribution < 1.29 is 9.53 Å². The van der Waals surface area contributed by atoms with Gasteiger partial charge in [-0.25, -0.2) is 0 Å². The van der Waals surface area contributed by atoms with Gasteiger partial charge in [0.1, 0.15) is 0 Å². The summed E-state index contributed by atoms with van der Waals surface area (Å²) in [7, 11) is 0. The lowest BCUT2D eigenvalue weighted by atomic mass is 10.2. The van der Waals surface area contributed by atoms with Crippen molar-refractivity contribution in [2.45, 2.75) is 47.0 Å². The summed E-state index contributed by atoms with van der Waals surface area (Å²) in [6, 6.07) is 0. The number of allylic oxidation sites excluding steroid dienone is 2. The molecular formula is C16H31NO2. The van der Waals surface area contributed by atoms with E-state index < -0.39 is 0 Å². The van der Waals surface area contributed by atoms with Crippen LogP contribution in [0.1, 0.15) is 47.0 Å². The zero-order chi connectivity index (χ0) is 15.5. The number of nitrogens with two attached hydrogens (primary N) is 1. The molecule has 0 heterocycles. The van der Waals surface area contributed by atoms with Crippen molar-refractivity contribution >= 4 is 5.91 Å². The van der Waals surface area contributed by atoms with Crippen LogP contribution in [0.5, 0.6) is 0 Å². The Morgan fingerprint density at radius 2 is 1.79 bits per heavy atom. The predicted molar refractivity (Wildman–Crippen MR) is 85.0 cm³/mol. The van der Waals surface area contributed by atoms with Crippen LogP contribution in [0.15, 0.2) is 37.0 Å². The molecule has 0 aromatic carbocycles. The number of unbranched alkanes of at least 4 members (excludes halogenated alkanes) is 1. The fourth-order valence-corrected chi connectivity index (χ4v) is 0.959. The molecule has 3 heteroatoms. The van der Waals surface area contributed by atoms with Gasteiger partial charge < -0.3 is 10.5 Å². The molecule has 0 bridgehead atoms. The molecule has 0 aliphatic rings. The van der Waals surface area contributed by atoms with Crippen molar-refractivity contribution in [3.8, 4) is 0 Å². The Labute approximate surface area is 119 Å². The summed E-state index contributed by atoms with van der Waals surface area (Å²) < 4.78 is 5.34. The van der Waals surface area contributed by atoms with E-state index in [1.54, 1.807) is 6.08 Å². The predicted octanol–water partition coefficient (Wildman–Crippen LogP) is 4.01. The van der Waals surface area contributed by atoms with Crippen LogP contribution in [-0.2, 0) is 9.53 Å². The lowest BCUT2D eigenvalue weighted by Crippen LogP contribution is -2.10. The van der Waals surface area contributed by atoms with E-state index in [1.165, 1.54) is 0 Å². The zero-order valence-electron chi connectivity index (χ0n) is 13.1. The number of carbonyl (C=O) groups excluding carboxylic acids is 1. The van der Waals surface area contributed by atoms with E-state index in [1.807, 2.05) is 39.8 Å². The summed E-state index contributed by atoms with van der Waals surface area (Å²) in [5.41, 5.74) is 5.91. The molecule has 0 saturated heterocycles. The highest BCUT2D eigenvalue weighted by Crippen LogP contribution is 1.98. The molecule has 19 heavy (non-hydrogen) atoms. The molecule has 0 aliphatic carbocycles. The number of rotatable bonds is 9. The molecule has 2 N–H and O–H groups in total. The fraction of sp³-hybridized carbons (Fsp3) is 0.562. The summed E-state index contributed by atoms with van der Waals surface area (Å²) in [5, 5.41) is 0. The first-order valence-electron chi connectivity index (χ1n) is 6.99. The second kappa shape index (κ2) is 21.9. The molecule has 1 amide bonds. The van der Waals surface area contributed by atoms with Gasteiger partial charge in [-0.1, -0.05) is 59.1 Å². The van der Waals surface area contributed by atoms with Crippen LogP contribution < -0.4 is 5.73 Å². The average molecular weight is 269 g/mol. The maximum Gasteiger partial charge on any atom is 0.217 e. The Balaban J connectivity index is -0.000000579. The number of amides is 1. The standard InChI is InChI=1S/C12H19NO2.2C2H6/c1-3-4-7-11(2)10-15-9-6-5-8-12(13)14;2*1-2/h3-4,7H,1-2,5-6,8-10H2,(H2,13,14);2*1-2H3/b7-4-;;. The first kappa shape index (κ1) is 22.8. The van der Waals surface area contributed by atoms with Crippen molar-refractivity contribution in [3.63, 3.8) is 0 Å². The highest BCUT2D eigenvalue weighted by molar-refractivity contribution is 5.73. The van der Waals surface area contributed by atoms with Crippen LogP contribution in [0.2, 0.25) is 0 Å². The van der Waals surface area contributed by atoms with Gasteiger partial charge >= 0.3 is 0 Å². The van der Waals surface area contributed by atoms with Gasteiger partial charge in [-0.15, -0.1) is 0 Å². The third-order valence-electron chi connectivity index (χ3n) is 1.72. The quantitative estimate of drug-likeness (QED) is 0.508. The van der Waals surface area contributed by atoms with Crippen LogP contribution in [0.4, 0.5) is 0 Å². The maximum atomic E-state index is 10.4. The van der Waals surface area contributed by atoms with Crippen molar-refractivity contribution in [1.29, 1.82) is 0 Å². The maximum absolute atomic E-state index is 10.4. The lowest BCUT2D eigenvalue weighted by molar-refractivity contribution is -0.118. The molecule has 0 saturated carbocycles. The summed E-state index contributed by atoms with van der Waals surface area (Å²) in [6.45, 7) is 16.5. The molecular weight excluding hydrogens is 238 g/mol. The van der Waals surface area contributed by atoms with E-state index in [0.29, 0.717) is 19.6 Å². The van der Waals surface area contributed by atoms with Crippen molar-refractivity contribution in [3.05, 3.63) is 37.0 Å². The van der Waals surface area contributed by atoms with Gasteiger partial charge in [0, 0.05) is 13.0 Å². The summed E-state index contributed by atoms with van der Waals surface area (Å²) in [4.78, 5) is 10.4. The molecule has 0 fully saturated rings. The van der Waals surface area contributed by atoms with Gasteiger partial charge in [-0.05, 0) is 18.4 Å². The Kier molecular flexibility index (Phi) is 26.3. The van der Waals surface area contributed by atoms with Gasteiger partial charge in [0.15, 0.2) is 0 Å². The van der Waals surface area contributed by atoms with E-state index in [9.17, 15) is 4.79 Å². The van der Waals surface area contributed by atoms with Gasteiger partial charge in [-0.3, -0.25) is 4.79 Å². The Bertz CT molecular complexity index is 245. The topological polar surface area (TPSA) is 52.3 Å². The Hall–Kier alpha value is -1.35. The van der Waals surface area contributed by atoms with E-state index in [0.717, 1.165) is 18.4 Å². The van der Waals surface area contributed by atoms with E-state index in [2.05, 4.69) is 13.2 Å². The molecule has 0 spiro atoms. The first-order chi connectivity index (χ1) is 9.16. The van der Waals surface area contributed by atoms with Crippen LogP contribution >= 0.6 is 0 Å².